The van der Waals surface area contributed by atoms with Crippen LogP contribution in [0.3, 0.4) is 0 Å². The second-order valence-corrected chi connectivity index (χ2v) is 6.28. The third-order valence-electron chi connectivity index (χ3n) is 4.03. The van der Waals surface area contributed by atoms with Gasteiger partial charge in [-0.15, -0.1) is 11.3 Å². The predicted molar refractivity (Wildman–Crippen MR) is 87.5 cm³/mol. The fourth-order valence-electron chi connectivity index (χ4n) is 2.95. The Morgan fingerprint density at radius 2 is 2.18 bits per heavy atom. The Hall–Kier alpha value is -1.88. The first-order valence-corrected chi connectivity index (χ1v) is 8.52. The van der Waals surface area contributed by atoms with Crippen molar-refractivity contribution < 1.29 is 9.53 Å². The Morgan fingerprint density at radius 3 is 2.82 bits per heavy atom. The molecule has 1 aliphatic heterocycles. The highest BCUT2D eigenvalue weighted by Crippen LogP contribution is 2.34. The summed E-state index contributed by atoms with van der Waals surface area (Å²) in [5, 5.41) is 0. The van der Waals surface area contributed by atoms with Crippen LogP contribution in [0.25, 0.3) is 0 Å². The van der Waals surface area contributed by atoms with Crippen molar-refractivity contribution in [3.8, 4) is 5.75 Å². The van der Waals surface area contributed by atoms with E-state index in [2.05, 4.69) is 17.1 Å². The van der Waals surface area contributed by atoms with Gasteiger partial charge in [0.05, 0.1) is 23.9 Å². The first kappa shape index (κ1) is 15.0. The van der Waals surface area contributed by atoms with Gasteiger partial charge >= 0.3 is 0 Å². The van der Waals surface area contributed by atoms with Crippen LogP contribution >= 0.6 is 11.3 Å². The summed E-state index contributed by atoms with van der Waals surface area (Å²) in [5.74, 6) is 0.983. The van der Waals surface area contributed by atoms with Gasteiger partial charge in [-0.2, -0.15) is 0 Å². The van der Waals surface area contributed by atoms with Gasteiger partial charge in [-0.1, -0.05) is 12.1 Å². The molecule has 116 valence electrons. The summed E-state index contributed by atoms with van der Waals surface area (Å²) in [6.45, 7) is 5.35. The molecule has 0 N–H and O–H groups in total. The van der Waals surface area contributed by atoms with Crippen LogP contribution in [0.1, 0.15) is 46.7 Å². The van der Waals surface area contributed by atoms with E-state index in [1.165, 1.54) is 16.9 Å². The highest BCUT2D eigenvalue weighted by molar-refractivity contribution is 7.11. The van der Waals surface area contributed by atoms with Crippen molar-refractivity contribution in [1.82, 2.24) is 9.88 Å². The van der Waals surface area contributed by atoms with E-state index in [0.717, 1.165) is 35.7 Å². The maximum Gasteiger partial charge on any atom is 0.266 e. The van der Waals surface area contributed by atoms with E-state index in [-0.39, 0.29) is 11.9 Å². The molecule has 1 aliphatic rings. The molecule has 0 spiro atoms. The van der Waals surface area contributed by atoms with Gasteiger partial charge in [-0.25, -0.2) is 4.98 Å². The maximum atomic E-state index is 12.8. The molecule has 4 nitrogen and oxygen atoms in total. The second kappa shape index (κ2) is 6.48. The van der Waals surface area contributed by atoms with E-state index in [4.69, 9.17) is 4.74 Å². The molecule has 1 amide bonds. The minimum absolute atomic E-state index is 0.108. The molecule has 22 heavy (non-hydrogen) atoms. The molecule has 0 bridgehead atoms. The van der Waals surface area contributed by atoms with Crippen LogP contribution in [-0.2, 0) is 0 Å². The molecular formula is C17H20N2O2S. The molecule has 1 saturated heterocycles. The maximum absolute atomic E-state index is 12.8. The molecule has 1 atom stereocenters. The monoisotopic (exact) mass is 316 g/mol. The number of hydrogen-bond donors (Lipinski definition) is 0. The Balaban J connectivity index is 1.81. The third-order valence-corrected chi connectivity index (χ3v) is 4.95. The quantitative estimate of drug-likeness (QED) is 0.861. The number of ether oxygens (including phenoxy) is 1. The van der Waals surface area contributed by atoms with Crippen molar-refractivity contribution >= 4 is 17.2 Å². The van der Waals surface area contributed by atoms with E-state index in [0.29, 0.717) is 6.61 Å². The summed E-state index contributed by atoms with van der Waals surface area (Å²) in [7, 11) is 0. The summed E-state index contributed by atoms with van der Waals surface area (Å²) in [5.41, 5.74) is 3.74. The minimum atomic E-state index is 0.108. The van der Waals surface area contributed by atoms with E-state index < -0.39 is 0 Å². The van der Waals surface area contributed by atoms with Crippen molar-refractivity contribution in [3.05, 3.63) is 45.9 Å². The lowest BCUT2D eigenvalue weighted by Crippen LogP contribution is -2.30. The van der Waals surface area contributed by atoms with Crippen molar-refractivity contribution in [1.29, 1.82) is 0 Å². The lowest BCUT2D eigenvalue weighted by atomic mass is 10.0. The Kier molecular flexibility index (Phi) is 4.43. The number of nitrogens with zero attached hydrogens (tertiary/aromatic N) is 2. The number of aromatic nitrogens is 1. The third kappa shape index (κ3) is 2.86. The summed E-state index contributed by atoms with van der Waals surface area (Å²) in [6, 6.07) is 8.27. The fourth-order valence-corrected chi connectivity index (χ4v) is 3.70. The number of aryl methyl sites for hydroxylation is 1. The minimum Gasteiger partial charge on any atom is -0.494 e. The van der Waals surface area contributed by atoms with Crippen LogP contribution in [0.5, 0.6) is 5.75 Å². The smallest absolute Gasteiger partial charge is 0.266 e. The molecule has 0 aliphatic carbocycles. The van der Waals surface area contributed by atoms with Gasteiger partial charge in [0.15, 0.2) is 0 Å². The molecule has 0 unspecified atom stereocenters. The van der Waals surface area contributed by atoms with Gasteiger partial charge in [0.1, 0.15) is 10.6 Å². The number of rotatable bonds is 4. The van der Waals surface area contributed by atoms with Crippen LogP contribution in [-0.4, -0.2) is 28.9 Å². The van der Waals surface area contributed by atoms with E-state index in [1.807, 2.05) is 30.9 Å². The van der Waals surface area contributed by atoms with Gasteiger partial charge in [0.2, 0.25) is 0 Å². The summed E-state index contributed by atoms with van der Waals surface area (Å²) in [6.07, 6.45) is 2.05. The molecule has 5 heteroatoms. The lowest BCUT2D eigenvalue weighted by molar-refractivity contribution is 0.0739. The molecule has 1 aromatic heterocycles. The number of carbonyl (C=O) groups excluding carboxylic acids is 1. The van der Waals surface area contributed by atoms with Crippen molar-refractivity contribution in [2.45, 2.75) is 32.7 Å². The summed E-state index contributed by atoms with van der Waals surface area (Å²) < 4.78 is 5.49. The van der Waals surface area contributed by atoms with E-state index >= 15 is 0 Å². The second-order valence-electron chi connectivity index (χ2n) is 5.43. The number of thiazole rings is 1. The van der Waals surface area contributed by atoms with Crippen LogP contribution in [0.4, 0.5) is 0 Å². The number of amides is 1. The molecule has 1 aromatic carbocycles. The molecular weight excluding hydrogens is 296 g/mol. The predicted octanol–water partition coefficient (Wildman–Crippen LogP) is 3.83. The molecule has 2 aromatic rings. The van der Waals surface area contributed by atoms with E-state index in [9.17, 15) is 4.79 Å². The Morgan fingerprint density at radius 1 is 1.41 bits per heavy atom. The zero-order valence-electron chi connectivity index (χ0n) is 12.9. The molecule has 1 fully saturated rings. The topological polar surface area (TPSA) is 42.4 Å². The Bertz CT molecular complexity index is 651. The lowest BCUT2D eigenvalue weighted by Gasteiger charge is -2.25. The summed E-state index contributed by atoms with van der Waals surface area (Å²) in [4.78, 5) is 19.7. The number of carbonyl (C=O) groups is 1. The standard InChI is InChI=1S/C17H20N2O2S/c1-3-21-14-8-6-13(7-9-14)15-5-4-10-19(15)17(20)16-12(2)18-11-22-16/h6-9,11,15H,3-5,10H2,1-2H3/t15-/m1/s1. The van der Waals surface area contributed by atoms with Crippen LogP contribution in [0.2, 0.25) is 0 Å². The van der Waals surface area contributed by atoms with Crippen LogP contribution in [0, 0.1) is 6.92 Å². The van der Waals surface area contributed by atoms with Crippen LogP contribution in [0.15, 0.2) is 29.8 Å². The number of likely N-dealkylation sites (tertiary alicyclic amines) is 1. The first-order valence-electron chi connectivity index (χ1n) is 7.64. The molecule has 2 heterocycles. The number of hydrogen-bond acceptors (Lipinski definition) is 4. The largest absolute Gasteiger partial charge is 0.494 e. The average Bonchev–Trinajstić information content (AvgIpc) is 3.16. The highest BCUT2D eigenvalue weighted by atomic mass is 32.1. The summed E-state index contributed by atoms with van der Waals surface area (Å²) >= 11 is 1.43. The SMILES string of the molecule is CCOc1ccc([C@H]2CCCN2C(=O)c2scnc2C)cc1. The normalized spacial score (nSPS) is 17.7. The molecule has 0 radical (unpaired) electrons. The zero-order valence-corrected chi connectivity index (χ0v) is 13.7. The van der Waals surface area contributed by atoms with Gasteiger partial charge in [0.25, 0.3) is 5.91 Å². The molecule has 3 rings (SSSR count). The van der Waals surface area contributed by atoms with Gasteiger partial charge in [0, 0.05) is 6.54 Å². The van der Waals surface area contributed by atoms with E-state index in [1.54, 1.807) is 5.51 Å². The van der Waals surface area contributed by atoms with Gasteiger partial charge in [-0.05, 0) is 44.4 Å². The van der Waals surface area contributed by atoms with Gasteiger partial charge < -0.3 is 9.64 Å². The van der Waals surface area contributed by atoms with Crippen LogP contribution < -0.4 is 4.74 Å². The van der Waals surface area contributed by atoms with Crippen molar-refractivity contribution in [3.63, 3.8) is 0 Å². The zero-order chi connectivity index (χ0) is 15.5. The molecule has 0 saturated carbocycles. The van der Waals surface area contributed by atoms with Crippen molar-refractivity contribution in [2.75, 3.05) is 13.2 Å². The number of benzene rings is 1. The van der Waals surface area contributed by atoms with Crippen molar-refractivity contribution in [2.24, 2.45) is 0 Å². The first-order chi connectivity index (χ1) is 10.7. The highest BCUT2D eigenvalue weighted by Gasteiger charge is 2.31. The average molecular weight is 316 g/mol. The Labute approximate surface area is 134 Å². The fraction of sp³-hybridized carbons (Fsp3) is 0.412. The van der Waals surface area contributed by atoms with Gasteiger partial charge in [-0.3, -0.25) is 4.79 Å².